The highest BCUT2D eigenvalue weighted by Crippen LogP contribution is 2.23. The van der Waals surface area contributed by atoms with E-state index in [4.69, 9.17) is 4.74 Å². The van der Waals surface area contributed by atoms with Gasteiger partial charge in [0.15, 0.2) is 18.2 Å². The van der Waals surface area contributed by atoms with Crippen molar-refractivity contribution in [2.75, 3.05) is 13.2 Å². The smallest absolute Gasteiger partial charge is 0.321 e. The molecule has 2 aromatic rings. The minimum Gasteiger partial charge on any atom is -0.456 e. The topological polar surface area (TPSA) is 107 Å². The van der Waals surface area contributed by atoms with E-state index in [2.05, 4.69) is 4.72 Å². The molecular weight excluding hydrogens is 394 g/mol. The summed E-state index contributed by atoms with van der Waals surface area (Å²) >= 11 is 0. The van der Waals surface area contributed by atoms with Gasteiger partial charge in [-0.15, -0.1) is 0 Å². The Hall–Kier alpha value is -2.84. The third kappa shape index (κ3) is 5.16. The molecule has 7 nitrogen and oxygen atoms in total. The van der Waals surface area contributed by atoms with Crippen LogP contribution in [0.2, 0.25) is 0 Å². The van der Waals surface area contributed by atoms with Crippen LogP contribution in [0.15, 0.2) is 47.4 Å². The van der Waals surface area contributed by atoms with E-state index in [0.717, 1.165) is 24.8 Å². The summed E-state index contributed by atoms with van der Waals surface area (Å²) in [6.07, 6.45) is 3.02. The van der Waals surface area contributed by atoms with Crippen LogP contribution in [0, 0.1) is 0 Å². The van der Waals surface area contributed by atoms with E-state index in [0.29, 0.717) is 11.1 Å². The highest BCUT2D eigenvalue weighted by Gasteiger charge is 2.18. The van der Waals surface area contributed by atoms with E-state index in [-0.39, 0.29) is 16.5 Å². The number of esters is 1. The van der Waals surface area contributed by atoms with Crippen molar-refractivity contribution < 1.29 is 27.5 Å². The summed E-state index contributed by atoms with van der Waals surface area (Å²) in [6.45, 7) is 0.322. The van der Waals surface area contributed by atoms with Crippen molar-refractivity contribution in [1.82, 2.24) is 4.72 Å². The molecule has 0 fully saturated rings. The molecule has 152 valence electrons. The fraction of sp³-hybridized carbons (Fsp3) is 0.286. The first-order valence-electron chi connectivity index (χ1n) is 9.17. The fourth-order valence-electron chi connectivity index (χ4n) is 3.13. The second-order valence-electron chi connectivity index (χ2n) is 6.83. The molecule has 3 rings (SSSR count). The maximum absolute atomic E-state index is 12.2. The SMILES string of the molecule is CC(=O)c1ccc(S(=O)(=O)NCC(=O)OCC(=O)c2ccc3c(c2)CCC3)cc1. The molecule has 0 saturated carbocycles. The first-order chi connectivity index (χ1) is 13.8. The number of hydrogen-bond donors (Lipinski definition) is 1. The van der Waals surface area contributed by atoms with Gasteiger partial charge in [-0.2, -0.15) is 4.72 Å². The van der Waals surface area contributed by atoms with Gasteiger partial charge >= 0.3 is 5.97 Å². The van der Waals surface area contributed by atoms with Crippen molar-refractivity contribution in [1.29, 1.82) is 0 Å². The van der Waals surface area contributed by atoms with E-state index >= 15 is 0 Å². The van der Waals surface area contributed by atoms with Gasteiger partial charge in [-0.3, -0.25) is 14.4 Å². The number of ether oxygens (including phenoxy) is 1. The number of carbonyl (C=O) groups excluding carboxylic acids is 3. The Morgan fingerprint density at radius 1 is 0.966 bits per heavy atom. The summed E-state index contributed by atoms with van der Waals surface area (Å²) in [5, 5.41) is 0. The fourth-order valence-corrected chi connectivity index (χ4v) is 4.10. The zero-order valence-corrected chi connectivity index (χ0v) is 16.8. The molecule has 0 aromatic heterocycles. The monoisotopic (exact) mass is 415 g/mol. The van der Waals surface area contributed by atoms with Crippen LogP contribution in [-0.4, -0.2) is 39.1 Å². The molecule has 0 atom stereocenters. The number of benzene rings is 2. The second kappa shape index (κ2) is 8.67. The van der Waals surface area contributed by atoms with E-state index in [1.165, 1.54) is 36.8 Å². The van der Waals surface area contributed by atoms with Crippen LogP contribution in [-0.2, 0) is 32.4 Å². The minimum absolute atomic E-state index is 0.0792. The van der Waals surface area contributed by atoms with Gasteiger partial charge in [0, 0.05) is 11.1 Å². The standard InChI is InChI=1S/C21H21NO6S/c1-14(23)15-7-9-19(10-8-15)29(26,27)22-12-21(25)28-13-20(24)18-6-5-16-3-2-4-17(16)11-18/h5-11,22H,2-4,12-13H2,1H3. The van der Waals surface area contributed by atoms with Gasteiger partial charge in [-0.05, 0) is 55.5 Å². The van der Waals surface area contributed by atoms with E-state index in [9.17, 15) is 22.8 Å². The predicted octanol–water partition coefficient (Wildman–Crippen LogP) is 2.08. The normalized spacial score (nSPS) is 13.0. The first kappa shape index (κ1) is 20.9. The summed E-state index contributed by atoms with van der Waals surface area (Å²) in [4.78, 5) is 35.2. The number of hydrogen-bond acceptors (Lipinski definition) is 6. The van der Waals surface area contributed by atoms with Crippen molar-refractivity contribution in [2.45, 2.75) is 31.1 Å². The maximum atomic E-state index is 12.2. The van der Waals surface area contributed by atoms with E-state index in [1.807, 2.05) is 12.1 Å². The lowest BCUT2D eigenvalue weighted by molar-refractivity contribution is -0.141. The zero-order chi connectivity index (χ0) is 21.0. The second-order valence-corrected chi connectivity index (χ2v) is 8.59. The average molecular weight is 415 g/mol. The van der Waals surface area contributed by atoms with Crippen molar-refractivity contribution in [3.63, 3.8) is 0 Å². The molecular formula is C21H21NO6S. The lowest BCUT2D eigenvalue weighted by Gasteiger charge is -2.08. The number of Topliss-reactive ketones (excluding diaryl/α,β-unsaturated/α-hetero) is 2. The highest BCUT2D eigenvalue weighted by molar-refractivity contribution is 7.89. The Labute approximate surface area is 169 Å². The largest absolute Gasteiger partial charge is 0.456 e. The van der Waals surface area contributed by atoms with Gasteiger partial charge in [-0.25, -0.2) is 8.42 Å². The zero-order valence-electron chi connectivity index (χ0n) is 15.9. The van der Waals surface area contributed by atoms with Crippen molar-refractivity contribution in [2.24, 2.45) is 0 Å². The van der Waals surface area contributed by atoms with Crippen LogP contribution in [0.4, 0.5) is 0 Å². The summed E-state index contributed by atoms with van der Waals surface area (Å²) in [7, 11) is -3.94. The molecule has 0 heterocycles. The Morgan fingerprint density at radius 3 is 2.31 bits per heavy atom. The summed E-state index contributed by atoms with van der Waals surface area (Å²) < 4.78 is 31.5. The molecule has 0 amide bonds. The lowest BCUT2D eigenvalue weighted by Crippen LogP contribution is -2.31. The molecule has 0 aliphatic heterocycles. The van der Waals surface area contributed by atoms with Gasteiger partial charge < -0.3 is 4.74 Å². The molecule has 0 spiro atoms. The molecule has 1 N–H and O–H groups in total. The number of carbonyl (C=O) groups is 3. The third-order valence-electron chi connectivity index (χ3n) is 4.76. The Balaban J connectivity index is 1.51. The molecule has 0 unspecified atom stereocenters. The van der Waals surface area contributed by atoms with Crippen LogP contribution in [0.25, 0.3) is 0 Å². The average Bonchev–Trinajstić information content (AvgIpc) is 3.18. The number of fused-ring (bicyclic) bond motifs is 1. The van der Waals surface area contributed by atoms with Crippen LogP contribution >= 0.6 is 0 Å². The Morgan fingerprint density at radius 2 is 1.62 bits per heavy atom. The number of nitrogens with one attached hydrogen (secondary N) is 1. The minimum atomic E-state index is -3.94. The molecule has 0 saturated heterocycles. The Kier molecular flexibility index (Phi) is 6.24. The number of ketones is 2. The van der Waals surface area contributed by atoms with Gasteiger partial charge in [0.1, 0.15) is 6.54 Å². The van der Waals surface area contributed by atoms with Crippen molar-refractivity contribution >= 4 is 27.6 Å². The van der Waals surface area contributed by atoms with Gasteiger partial charge in [0.2, 0.25) is 10.0 Å². The van der Waals surface area contributed by atoms with Crippen LogP contribution in [0.1, 0.15) is 45.2 Å². The van der Waals surface area contributed by atoms with E-state index < -0.39 is 29.1 Å². The predicted molar refractivity (Wildman–Crippen MR) is 105 cm³/mol. The van der Waals surface area contributed by atoms with Crippen LogP contribution in [0.5, 0.6) is 0 Å². The summed E-state index contributed by atoms with van der Waals surface area (Å²) in [6, 6.07) is 10.8. The maximum Gasteiger partial charge on any atom is 0.321 e. The number of aryl methyl sites for hydroxylation is 2. The molecule has 0 bridgehead atoms. The van der Waals surface area contributed by atoms with Crippen molar-refractivity contribution in [3.8, 4) is 0 Å². The van der Waals surface area contributed by atoms with Crippen LogP contribution < -0.4 is 4.72 Å². The molecule has 1 aliphatic rings. The molecule has 8 heteroatoms. The molecule has 2 aromatic carbocycles. The van der Waals surface area contributed by atoms with E-state index in [1.54, 1.807) is 6.07 Å². The first-order valence-corrected chi connectivity index (χ1v) is 10.7. The third-order valence-corrected chi connectivity index (χ3v) is 6.18. The lowest BCUT2D eigenvalue weighted by atomic mass is 10.0. The number of sulfonamides is 1. The van der Waals surface area contributed by atoms with Gasteiger partial charge in [0.25, 0.3) is 0 Å². The molecule has 29 heavy (non-hydrogen) atoms. The van der Waals surface area contributed by atoms with Crippen molar-refractivity contribution in [3.05, 3.63) is 64.7 Å². The van der Waals surface area contributed by atoms with Gasteiger partial charge in [-0.1, -0.05) is 24.3 Å². The number of rotatable bonds is 8. The summed E-state index contributed by atoms with van der Waals surface area (Å²) in [5.74, 6) is -1.38. The molecule has 1 aliphatic carbocycles. The Bertz CT molecular complexity index is 1060. The highest BCUT2D eigenvalue weighted by atomic mass is 32.2. The van der Waals surface area contributed by atoms with Gasteiger partial charge in [0.05, 0.1) is 4.90 Å². The van der Waals surface area contributed by atoms with Crippen LogP contribution in [0.3, 0.4) is 0 Å². The summed E-state index contributed by atoms with van der Waals surface area (Å²) in [5.41, 5.74) is 3.24. The quantitative estimate of drug-likeness (QED) is 0.523. The molecule has 0 radical (unpaired) electrons.